The van der Waals surface area contributed by atoms with Gasteiger partial charge >= 0.3 is 0 Å². The fourth-order valence-corrected chi connectivity index (χ4v) is 5.16. The number of methoxy groups -OCH3 is 1. The lowest BCUT2D eigenvalue weighted by molar-refractivity contribution is 0.118. The topological polar surface area (TPSA) is 72.6 Å². The molecule has 0 aromatic heterocycles. The predicted octanol–water partition coefficient (Wildman–Crippen LogP) is 1.95. The van der Waals surface area contributed by atoms with Gasteiger partial charge in [0.2, 0.25) is 10.0 Å². The van der Waals surface area contributed by atoms with Crippen molar-refractivity contribution in [3.05, 3.63) is 28.2 Å². The summed E-state index contributed by atoms with van der Waals surface area (Å²) >= 11 is 3.34. The summed E-state index contributed by atoms with van der Waals surface area (Å²) in [5, 5.41) is 0. The van der Waals surface area contributed by atoms with Crippen LogP contribution in [0.4, 0.5) is 0 Å². The number of hydrogen-bond donors (Lipinski definition) is 1. The molecule has 118 valence electrons. The smallest absolute Gasteiger partial charge is 0.244 e. The minimum Gasteiger partial charge on any atom is -0.384 e. The maximum atomic E-state index is 12.8. The van der Waals surface area contributed by atoms with Gasteiger partial charge in [0, 0.05) is 31.2 Å². The van der Waals surface area contributed by atoms with Crippen LogP contribution in [0.2, 0.25) is 0 Å². The van der Waals surface area contributed by atoms with E-state index in [9.17, 15) is 8.42 Å². The second-order valence-corrected chi connectivity index (χ2v) is 8.06. The molecule has 1 saturated heterocycles. The lowest BCUT2D eigenvalue weighted by Gasteiger charge is -2.31. The molecule has 5 nitrogen and oxygen atoms in total. The van der Waals surface area contributed by atoms with E-state index in [1.54, 1.807) is 23.5 Å². The third-order valence-electron chi connectivity index (χ3n) is 3.73. The Balaban J connectivity index is 2.29. The van der Waals surface area contributed by atoms with Crippen LogP contribution in [0, 0.1) is 5.92 Å². The largest absolute Gasteiger partial charge is 0.384 e. The molecule has 2 N–H and O–H groups in total. The van der Waals surface area contributed by atoms with E-state index in [1.807, 2.05) is 6.07 Å². The molecule has 0 bridgehead atoms. The van der Waals surface area contributed by atoms with Crippen LogP contribution in [0.1, 0.15) is 18.4 Å². The standard InChI is InChI=1S/C14H21BrN2O3S/c1-20-10-12-3-2-6-17(9-12)21(18,19)14-7-11(8-16)4-5-13(14)15/h4-5,7,12H,2-3,6,8-10,16H2,1H3. The predicted molar refractivity (Wildman–Crippen MR) is 85.4 cm³/mol. The van der Waals surface area contributed by atoms with Gasteiger partial charge < -0.3 is 10.5 Å². The zero-order chi connectivity index (χ0) is 15.5. The summed E-state index contributed by atoms with van der Waals surface area (Å²) in [6.45, 7) is 1.98. The molecule has 21 heavy (non-hydrogen) atoms. The van der Waals surface area contributed by atoms with Crippen molar-refractivity contribution in [3.8, 4) is 0 Å². The van der Waals surface area contributed by atoms with E-state index in [1.165, 1.54) is 0 Å². The van der Waals surface area contributed by atoms with Crippen LogP contribution in [-0.4, -0.2) is 39.5 Å². The number of hydrogen-bond acceptors (Lipinski definition) is 4. The zero-order valence-corrected chi connectivity index (χ0v) is 14.5. The number of ether oxygens (including phenoxy) is 1. The van der Waals surface area contributed by atoms with E-state index in [2.05, 4.69) is 15.9 Å². The molecule has 1 heterocycles. The molecule has 0 aliphatic carbocycles. The Bertz CT molecular complexity index is 590. The average Bonchev–Trinajstić information content (AvgIpc) is 2.48. The van der Waals surface area contributed by atoms with Crippen LogP contribution in [-0.2, 0) is 21.3 Å². The summed E-state index contributed by atoms with van der Waals surface area (Å²) in [6.07, 6.45) is 1.87. The van der Waals surface area contributed by atoms with Crippen molar-refractivity contribution >= 4 is 26.0 Å². The first-order valence-electron chi connectivity index (χ1n) is 6.96. The highest BCUT2D eigenvalue weighted by Crippen LogP contribution is 2.29. The molecule has 0 spiro atoms. The Morgan fingerprint density at radius 2 is 2.24 bits per heavy atom. The highest BCUT2D eigenvalue weighted by atomic mass is 79.9. The van der Waals surface area contributed by atoms with Crippen molar-refractivity contribution in [2.24, 2.45) is 11.7 Å². The van der Waals surface area contributed by atoms with Gasteiger partial charge in [-0.2, -0.15) is 4.31 Å². The summed E-state index contributed by atoms with van der Waals surface area (Å²) in [5.41, 5.74) is 6.42. The minimum absolute atomic E-state index is 0.259. The molecule has 2 rings (SSSR count). The number of nitrogens with two attached hydrogens (primary N) is 1. The Kier molecular flexibility index (Phi) is 5.79. The summed E-state index contributed by atoms with van der Waals surface area (Å²) in [5.74, 6) is 0.259. The third-order valence-corrected chi connectivity index (χ3v) is 6.59. The van der Waals surface area contributed by atoms with Gasteiger partial charge in [0.1, 0.15) is 0 Å². The van der Waals surface area contributed by atoms with Crippen LogP contribution in [0.5, 0.6) is 0 Å². The van der Waals surface area contributed by atoms with Crippen molar-refractivity contribution in [1.29, 1.82) is 0 Å². The number of sulfonamides is 1. The number of piperidine rings is 1. The molecule has 0 amide bonds. The quantitative estimate of drug-likeness (QED) is 0.852. The van der Waals surface area contributed by atoms with Crippen molar-refractivity contribution in [2.75, 3.05) is 26.8 Å². The first-order chi connectivity index (χ1) is 9.98. The maximum Gasteiger partial charge on any atom is 0.244 e. The van der Waals surface area contributed by atoms with E-state index >= 15 is 0 Å². The monoisotopic (exact) mass is 376 g/mol. The Morgan fingerprint density at radius 1 is 1.48 bits per heavy atom. The van der Waals surface area contributed by atoms with Crippen molar-refractivity contribution in [2.45, 2.75) is 24.3 Å². The highest BCUT2D eigenvalue weighted by molar-refractivity contribution is 9.10. The SMILES string of the molecule is COCC1CCCN(S(=O)(=O)c2cc(CN)ccc2Br)C1. The normalized spacial score (nSPS) is 20.6. The second-order valence-electron chi connectivity index (χ2n) is 5.30. The van der Waals surface area contributed by atoms with Gasteiger partial charge in [-0.1, -0.05) is 6.07 Å². The number of benzene rings is 1. The van der Waals surface area contributed by atoms with Gasteiger partial charge in [-0.15, -0.1) is 0 Å². The average molecular weight is 377 g/mol. The van der Waals surface area contributed by atoms with Crippen LogP contribution in [0.25, 0.3) is 0 Å². The Hall–Kier alpha value is -0.470. The zero-order valence-electron chi connectivity index (χ0n) is 12.1. The van der Waals surface area contributed by atoms with E-state index in [4.69, 9.17) is 10.5 Å². The molecule has 1 atom stereocenters. The molecule has 0 saturated carbocycles. The minimum atomic E-state index is -3.50. The van der Waals surface area contributed by atoms with Gasteiger partial charge in [0.25, 0.3) is 0 Å². The molecular weight excluding hydrogens is 356 g/mol. The summed E-state index contributed by atoms with van der Waals surface area (Å²) in [6, 6.07) is 5.22. The lowest BCUT2D eigenvalue weighted by Crippen LogP contribution is -2.41. The molecule has 1 fully saturated rings. The van der Waals surface area contributed by atoms with Crippen LogP contribution in [0.15, 0.2) is 27.6 Å². The second kappa shape index (κ2) is 7.19. The van der Waals surface area contributed by atoms with E-state index < -0.39 is 10.0 Å². The van der Waals surface area contributed by atoms with Crippen molar-refractivity contribution < 1.29 is 13.2 Å². The van der Waals surface area contributed by atoms with Crippen molar-refractivity contribution in [1.82, 2.24) is 4.31 Å². The molecule has 1 aromatic rings. The van der Waals surface area contributed by atoms with Gasteiger partial charge in [0.05, 0.1) is 11.5 Å². The highest BCUT2D eigenvalue weighted by Gasteiger charge is 2.31. The Morgan fingerprint density at radius 3 is 2.90 bits per heavy atom. The summed E-state index contributed by atoms with van der Waals surface area (Å²) in [4.78, 5) is 0.295. The van der Waals surface area contributed by atoms with E-state index in [0.717, 1.165) is 18.4 Å². The van der Waals surface area contributed by atoms with Gasteiger partial charge in [-0.25, -0.2) is 8.42 Å². The summed E-state index contributed by atoms with van der Waals surface area (Å²) < 4.78 is 33.0. The fourth-order valence-electron chi connectivity index (χ4n) is 2.63. The molecular formula is C14H21BrN2O3S. The van der Waals surface area contributed by atoms with E-state index in [0.29, 0.717) is 35.6 Å². The Labute approximate surface area is 134 Å². The fraction of sp³-hybridized carbons (Fsp3) is 0.571. The molecule has 1 aliphatic rings. The van der Waals surface area contributed by atoms with Crippen molar-refractivity contribution in [3.63, 3.8) is 0 Å². The van der Waals surface area contributed by atoms with Gasteiger partial charge in [-0.3, -0.25) is 0 Å². The molecule has 0 radical (unpaired) electrons. The number of halogens is 1. The summed E-state index contributed by atoms with van der Waals surface area (Å²) in [7, 11) is -1.85. The van der Waals surface area contributed by atoms with Gasteiger partial charge in [0.15, 0.2) is 0 Å². The van der Waals surface area contributed by atoms with Crippen LogP contribution < -0.4 is 5.73 Å². The number of rotatable bonds is 5. The van der Waals surface area contributed by atoms with Crippen LogP contribution >= 0.6 is 15.9 Å². The first kappa shape index (κ1) is 16.9. The maximum absolute atomic E-state index is 12.8. The molecule has 7 heteroatoms. The van der Waals surface area contributed by atoms with Gasteiger partial charge in [-0.05, 0) is 52.4 Å². The van der Waals surface area contributed by atoms with E-state index in [-0.39, 0.29) is 5.92 Å². The molecule has 1 aromatic carbocycles. The molecule has 1 unspecified atom stereocenters. The number of nitrogens with zero attached hydrogens (tertiary/aromatic N) is 1. The molecule has 1 aliphatic heterocycles. The third kappa shape index (κ3) is 3.84. The lowest BCUT2D eigenvalue weighted by atomic mass is 10.0. The first-order valence-corrected chi connectivity index (χ1v) is 9.20. The van der Waals surface area contributed by atoms with Crippen LogP contribution in [0.3, 0.4) is 0 Å².